The van der Waals surface area contributed by atoms with Crippen LogP contribution in [0.3, 0.4) is 0 Å². The Balaban J connectivity index is 1.95. The number of rotatable bonds is 2. The predicted octanol–water partition coefficient (Wildman–Crippen LogP) is 3.59. The first-order valence-electron chi connectivity index (χ1n) is 7.00. The molecule has 18 heavy (non-hydrogen) atoms. The Hall–Kier alpha value is -0.890. The minimum atomic E-state index is -0.509. The van der Waals surface area contributed by atoms with Crippen molar-refractivity contribution in [1.82, 2.24) is 4.98 Å². The third kappa shape index (κ3) is 3.32. The van der Waals surface area contributed by atoms with Crippen LogP contribution in [0.2, 0.25) is 0 Å². The summed E-state index contributed by atoms with van der Waals surface area (Å²) in [6, 6.07) is 4.00. The zero-order valence-electron chi connectivity index (χ0n) is 11.8. The standard InChI is InChI=1S/C16H25NO/c1-15(2,3)14-6-8-16(18,9-7-14)11-13-5-4-10-17-12-13/h4-5,10,12,14,18H,6-9,11H2,1-3H3. The largest absolute Gasteiger partial charge is 0.390 e. The molecular formula is C16H25NO. The average molecular weight is 247 g/mol. The lowest BCUT2D eigenvalue weighted by molar-refractivity contribution is -0.0245. The lowest BCUT2D eigenvalue weighted by Crippen LogP contribution is -2.39. The van der Waals surface area contributed by atoms with Gasteiger partial charge in [-0.2, -0.15) is 0 Å². The van der Waals surface area contributed by atoms with E-state index in [1.54, 1.807) is 6.20 Å². The van der Waals surface area contributed by atoms with Gasteiger partial charge in [0.15, 0.2) is 0 Å². The molecule has 100 valence electrons. The van der Waals surface area contributed by atoms with Crippen LogP contribution in [0.25, 0.3) is 0 Å². The molecule has 1 heterocycles. The Kier molecular flexibility index (Phi) is 3.76. The number of pyridine rings is 1. The highest BCUT2D eigenvalue weighted by atomic mass is 16.3. The summed E-state index contributed by atoms with van der Waals surface area (Å²) in [7, 11) is 0. The van der Waals surface area contributed by atoms with E-state index in [2.05, 4.69) is 31.8 Å². The lowest BCUT2D eigenvalue weighted by atomic mass is 9.67. The molecule has 0 amide bonds. The highest BCUT2D eigenvalue weighted by Gasteiger charge is 2.37. The molecule has 1 aliphatic carbocycles. The van der Waals surface area contributed by atoms with Gasteiger partial charge >= 0.3 is 0 Å². The van der Waals surface area contributed by atoms with Crippen molar-refractivity contribution in [2.75, 3.05) is 0 Å². The van der Waals surface area contributed by atoms with Gasteiger partial charge in [0.1, 0.15) is 0 Å². The summed E-state index contributed by atoms with van der Waals surface area (Å²) in [4.78, 5) is 4.12. The molecule has 0 aromatic carbocycles. The van der Waals surface area contributed by atoms with E-state index < -0.39 is 5.60 Å². The van der Waals surface area contributed by atoms with Gasteiger partial charge in [-0.15, -0.1) is 0 Å². The van der Waals surface area contributed by atoms with Crippen molar-refractivity contribution in [3.8, 4) is 0 Å². The molecule has 1 fully saturated rings. The molecule has 0 unspecified atom stereocenters. The van der Waals surface area contributed by atoms with Crippen molar-refractivity contribution in [3.05, 3.63) is 30.1 Å². The second-order valence-electron chi connectivity index (χ2n) is 6.90. The smallest absolute Gasteiger partial charge is 0.0688 e. The third-order valence-corrected chi connectivity index (χ3v) is 4.40. The monoisotopic (exact) mass is 247 g/mol. The van der Waals surface area contributed by atoms with Crippen LogP contribution in [0.5, 0.6) is 0 Å². The Morgan fingerprint density at radius 3 is 2.50 bits per heavy atom. The van der Waals surface area contributed by atoms with Crippen LogP contribution in [0.4, 0.5) is 0 Å². The minimum Gasteiger partial charge on any atom is -0.390 e. The summed E-state index contributed by atoms with van der Waals surface area (Å²) < 4.78 is 0. The van der Waals surface area contributed by atoms with Gasteiger partial charge in [0.05, 0.1) is 5.60 Å². The molecular weight excluding hydrogens is 222 g/mol. The summed E-state index contributed by atoms with van der Waals surface area (Å²) in [6.07, 6.45) is 8.52. The molecule has 0 bridgehead atoms. The molecule has 0 saturated heterocycles. The number of nitrogens with zero attached hydrogens (tertiary/aromatic N) is 1. The second-order valence-corrected chi connectivity index (χ2v) is 6.90. The van der Waals surface area contributed by atoms with Crippen molar-refractivity contribution >= 4 is 0 Å². The van der Waals surface area contributed by atoms with Crippen molar-refractivity contribution < 1.29 is 5.11 Å². The van der Waals surface area contributed by atoms with Crippen LogP contribution < -0.4 is 0 Å². The predicted molar refractivity (Wildman–Crippen MR) is 74.3 cm³/mol. The molecule has 2 rings (SSSR count). The highest BCUT2D eigenvalue weighted by Crippen LogP contribution is 2.42. The van der Waals surface area contributed by atoms with E-state index in [4.69, 9.17) is 0 Å². The van der Waals surface area contributed by atoms with Gasteiger partial charge in [-0.05, 0) is 48.6 Å². The molecule has 0 atom stereocenters. The van der Waals surface area contributed by atoms with Crippen molar-refractivity contribution in [1.29, 1.82) is 0 Å². The summed E-state index contributed by atoms with van der Waals surface area (Å²) in [5, 5.41) is 10.7. The maximum Gasteiger partial charge on any atom is 0.0688 e. The molecule has 0 aliphatic heterocycles. The fraction of sp³-hybridized carbons (Fsp3) is 0.688. The highest BCUT2D eigenvalue weighted by molar-refractivity contribution is 5.12. The molecule has 1 aromatic rings. The molecule has 1 aromatic heterocycles. The van der Waals surface area contributed by atoms with Gasteiger partial charge in [0.2, 0.25) is 0 Å². The lowest BCUT2D eigenvalue weighted by Gasteiger charge is -2.41. The van der Waals surface area contributed by atoms with Crippen molar-refractivity contribution in [3.63, 3.8) is 0 Å². The average Bonchev–Trinajstić information content (AvgIpc) is 2.29. The van der Waals surface area contributed by atoms with Gasteiger partial charge in [-0.3, -0.25) is 4.98 Å². The minimum absolute atomic E-state index is 0.371. The van der Waals surface area contributed by atoms with E-state index in [9.17, 15) is 5.11 Å². The maximum atomic E-state index is 10.7. The van der Waals surface area contributed by atoms with E-state index in [0.717, 1.165) is 43.6 Å². The number of aromatic nitrogens is 1. The first-order valence-corrected chi connectivity index (χ1v) is 7.00. The molecule has 1 aliphatic rings. The molecule has 2 heteroatoms. The fourth-order valence-corrected chi connectivity index (χ4v) is 3.08. The fourth-order valence-electron chi connectivity index (χ4n) is 3.08. The van der Waals surface area contributed by atoms with Crippen molar-refractivity contribution in [2.45, 2.75) is 58.5 Å². The van der Waals surface area contributed by atoms with Crippen LogP contribution in [0, 0.1) is 11.3 Å². The van der Waals surface area contributed by atoms with E-state index in [-0.39, 0.29) is 0 Å². The topological polar surface area (TPSA) is 33.1 Å². The second kappa shape index (κ2) is 5.00. The SMILES string of the molecule is CC(C)(C)C1CCC(O)(Cc2cccnc2)CC1. The van der Waals surface area contributed by atoms with Crippen LogP contribution in [0.1, 0.15) is 52.0 Å². The summed E-state index contributed by atoms with van der Waals surface area (Å²) in [6.45, 7) is 6.93. The van der Waals surface area contributed by atoms with Gasteiger partial charge in [0, 0.05) is 18.8 Å². The Bertz CT molecular complexity index is 372. The van der Waals surface area contributed by atoms with E-state index in [1.165, 1.54) is 0 Å². The van der Waals surface area contributed by atoms with Crippen LogP contribution in [-0.4, -0.2) is 15.7 Å². The van der Waals surface area contributed by atoms with E-state index in [1.807, 2.05) is 12.3 Å². The summed E-state index contributed by atoms with van der Waals surface area (Å²) in [5.74, 6) is 0.742. The zero-order chi connectivity index (χ0) is 13.2. The van der Waals surface area contributed by atoms with Crippen LogP contribution in [-0.2, 0) is 6.42 Å². The Morgan fingerprint density at radius 2 is 2.00 bits per heavy atom. The molecule has 1 N–H and O–H groups in total. The molecule has 0 spiro atoms. The number of hydrogen-bond donors (Lipinski definition) is 1. The Labute approximate surface area is 110 Å². The van der Waals surface area contributed by atoms with Crippen LogP contribution >= 0.6 is 0 Å². The Morgan fingerprint density at radius 1 is 1.33 bits per heavy atom. The van der Waals surface area contributed by atoms with E-state index in [0.29, 0.717) is 5.41 Å². The normalized spacial score (nSPS) is 29.2. The maximum absolute atomic E-state index is 10.7. The zero-order valence-corrected chi connectivity index (χ0v) is 11.8. The quantitative estimate of drug-likeness (QED) is 0.866. The third-order valence-electron chi connectivity index (χ3n) is 4.40. The number of hydrogen-bond acceptors (Lipinski definition) is 2. The van der Waals surface area contributed by atoms with E-state index >= 15 is 0 Å². The molecule has 1 saturated carbocycles. The first kappa shape index (κ1) is 13.5. The van der Waals surface area contributed by atoms with Gasteiger partial charge in [-0.25, -0.2) is 0 Å². The first-order chi connectivity index (χ1) is 8.39. The van der Waals surface area contributed by atoms with Gasteiger partial charge in [0.25, 0.3) is 0 Å². The van der Waals surface area contributed by atoms with Crippen molar-refractivity contribution in [2.24, 2.45) is 11.3 Å². The van der Waals surface area contributed by atoms with Gasteiger partial charge < -0.3 is 5.11 Å². The number of aliphatic hydroxyl groups is 1. The summed E-state index contributed by atoms with van der Waals surface area (Å²) in [5.41, 5.74) is 1.01. The molecule has 2 nitrogen and oxygen atoms in total. The molecule has 0 radical (unpaired) electrons. The van der Waals surface area contributed by atoms with Crippen LogP contribution in [0.15, 0.2) is 24.5 Å². The van der Waals surface area contributed by atoms with Gasteiger partial charge in [-0.1, -0.05) is 26.8 Å². The summed E-state index contributed by atoms with van der Waals surface area (Å²) >= 11 is 0.